The van der Waals surface area contributed by atoms with Crippen LogP contribution in [0.2, 0.25) is 0 Å². The van der Waals surface area contributed by atoms with Gasteiger partial charge in [0.05, 0.1) is 0 Å². The van der Waals surface area contributed by atoms with Crippen LogP contribution in [0.25, 0.3) is 0 Å². The van der Waals surface area contributed by atoms with Crippen molar-refractivity contribution in [2.24, 2.45) is 0 Å². The van der Waals surface area contributed by atoms with Crippen LogP contribution in [0.15, 0.2) is 24.3 Å². The number of hydrogen-bond donors (Lipinski definition) is 1. The molecule has 1 aromatic rings. The van der Waals surface area contributed by atoms with E-state index in [1.54, 1.807) is 7.05 Å². The third kappa shape index (κ3) is 3.72. The highest BCUT2D eigenvalue weighted by atomic mass is 19.3. The van der Waals surface area contributed by atoms with Crippen LogP contribution < -0.4 is 10.1 Å². The van der Waals surface area contributed by atoms with E-state index in [1.165, 1.54) is 29.2 Å². The molecule has 4 amide bonds. The Hall–Kier alpha value is -2.71. The number of carbonyl (C=O) groups excluding carboxylic acids is 3. The maximum absolute atomic E-state index is 12.8. The van der Waals surface area contributed by atoms with Gasteiger partial charge >= 0.3 is 12.6 Å². The van der Waals surface area contributed by atoms with E-state index in [0.717, 1.165) is 24.2 Å². The molecule has 0 atom stereocenters. The van der Waals surface area contributed by atoms with Crippen molar-refractivity contribution in [1.82, 2.24) is 9.80 Å². The summed E-state index contributed by atoms with van der Waals surface area (Å²) >= 11 is 0. The number of benzene rings is 1. The van der Waals surface area contributed by atoms with Crippen LogP contribution in [0.1, 0.15) is 32.1 Å². The predicted molar refractivity (Wildman–Crippen MR) is 92.4 cm³/mol. The van der Waals surface area contributed by atoms with Gasteiger partial charge in [-0.1, -0.05) is 19.3 Å². The lowest BCUT2D eigenvalue weighted by atomic mass is 9.81. The van der Waals surface area contributed by atoms with Gasteiger partial charge in [-0.2, -0.15) is 8.78 Å². The number of ether oxygens (including phenoxy) is 1. The highest BCUT2D eigenvalue weighted by Crippen LogP contribution is 2.39. The number of rotatable bonds is 5. The first-order valence-corrected chi connectivity index (χ1v) is 8.78. The standard InChI is InChI=1S/C18H21F2N3O4/c1-22-17(26)23(15(25)18(22)9-3-2-4-10-18)11-14(24)21-12-5-7-13(8-6-12)27-16(19)20/h5-8,16H,2-4,9-11H2,1H3,(H,21,24). The normalized spacial score (nSPS) is 19.1. The van der Waals surface area contributed by atoms with Crippen molar-refractivity contribution in [3.8, 4) is 5.75 Å². The average Bonchev–Trinajstić information content (AvgIpc) is 2.80. The molecule has 0 radical (unpaired) electrons. The molecule has 0 unspecified atom stereocenters. The van der Waals surface area contributed by atoms with E-state index in [-0.39, 0.29) is 18.2 Å². The topological polar surface area (TPSA) is 79.0 Å². The van der Waals surface area contributed by atoms with Gasteiger partial charge in [0.15, 0.2) is 0 Å². The van der Waals surface area contributed by atoms with E-state index in [2.05, 4.69) is 10.1 Å². The number of anilines is 1. The zero-order valence-corrected chi connectivity index (χ0v) is 14.9. The summed E-state index contributed by atoms with van der Waals surface area (Å²) in [6, 6.07) is 4.91. The summed E-state index contributed by atoms with van der Waals surface area (Å²) in [4.78, 5) is 40.0. The Morgan fingerprint density at radius 3 is 2.41 bits per heavy atom. The Morgan fingerprint density at radius 2 is 1.81 bits per heavy atom. The van der Waals surface area contributed by atoms with Gasteiger partial charge in [-0.3, -0.25) is 14.5 Å². The molecule has 1 saturated carbocycles. The van der Waals surface area contributed by atoms with Crippen molar-refractivity contribution in [1.29, 1.82) is 0 Å². The SMILES string of the molecule is CN1C(=O)N(CC(=O)Nc2ccc(OC(F)F)cc2)C(=O)C12CCCCC2. The molecule has 146 valence electrons. The molecule has 0 bridgehead atoms. The molecule has 1 aromatic carbocycles. The Balaban J connectivity index is 1.63. The van der Waals surface area contributed by atoms with Crippen LogP contribution in [-0.2, 0) is 9.59 Å². The average molecular weight is 381 g/mol. The largest absolute Gasteiger partial charge is 0.435 e. The number of imide groups is 1. The van der Waals surface area contributed by atoms with Gasteiger partial charge in [0.25, 0.3) is 5.91 Å². The van der Waals surface area contributed by atoms with Crippen LogP contribution in [0.3, 0.4) is 0 Å². The number of amides is 4. The molecule has 1 aliphatic carbocycles. The summed E-state index contributed by atoms with van der Waals surface area (Å²) in [6.07, 6.45) is 3.99. The first kappa shape index (κ1) is 19.1. The van der Waals surface area contributed by atoms with Gasteiger partial charge in [-0.15, -0.1) is 0 Å². The molecule has 1 spiro atoms. The van der Waals surface area contributed by atoms with Crippen LogP contribution in [0.5, 0.6) is 5.75 Å². The van der Waals surface area contributed by atoms with Crippen LogP contribution in [0.4, 0.5) is 19.3 Å². The van der Waals surface area contributed by atoms with Gasteiger partial charge in [-0.25, -0.2) is 4.79 Å². The number of halogens is 2. The van der Waals surface area contributed by atoms with Gasteiger partial charge in [0.2, 0.25) is 5.91 Å². The van der Waals surface area contributed by atoms with E-state index in [0.29, 0.717) is 18.5 Å². The second-order valence-electron chi connectivity index (χ2n) is 6.78. The lowest BCUT2D eigenvalue weighted by molar-refractivity contribution is -0.136. The monoisotopic (exact) mass is 381 g/mol. The Bertz CT molecular complexity index is 733. The van der Waals surface area contributed by atoms with Crippen molar-refractivity contribution in [3.63, 3.8) is 0 Å². The van der Waals surface area contributed by atoms with Gasteiger partial charge in [-0.05, 0) is 37.1 Å². The number of likely N-dealkylation sites (N-methyl/N-ethyl adjacent to an activating group) is 1. The minimum absolute atomic E-state index is 0.0336. The molecule has 2 aliphatic rings. The molecule has 3 rings (SSSR count). The lowest BCUT2D eigenvalue weighted by Gasteiger charge is -2.35. The third-order valence-electron chi connectivity index (χ3n) is 5.15. The smallest absolute Gasteiger partial charge is 0.387 e. The third-order valence-corrected chi connectivity index (χ3v) is 5.15. The summed E-state index contributed by atoms with van der Waals surface area (Å²) in [6.45, 7) is -3.32. The molecule has 1 heterocycles. The Kier molecular flexibility index (Phi) is 5.29. The number of nitrogens with zero attached hydrogens (tertiary/aromatic N) is 2. The summed E-state index contributed by atoms with van der Waals surface area (Å²) in [5.74, 6) is -0.903. The second kappa shape index (κ2) is 7.50. The molecule has 27 heavy (non-hydrogen) atoms. The highest BCUT2D eigenvalue weighted by Gasteiger charge is 2.55. The molecule has 1 saturated heterocycles. The first-order valence-electron chi connectivity index (χ1n) is 8.78. The summed E-state index contributed by atoms with van der Waals surface area (Å²) in [5, 5.41) is 2.55. The van der Waals surface area contributed by atoms with Crippen molar-refractivity contribution >= 4 is 23.5 Å². The zero-order valence-electron chi connectivity index (χ0n) is 14.9. The summed E-state index contributed by atoms with van der Waals surface area (Å²) in [7, 11) is 1.60. The number of urea groups is 1. The number of carbonyl (C=O) groups is 3. The summed E-state index contributed by atoms with van der Waals surface area (Å²) < 4.78 is 28.5. The zero-order chi connectivity index (χ0) is 19.6. The van der Waals surface area contributed by atoms with Crippen LogP contribution in [0, 0.1) is 0 Å². The maximum atomic E-state index is 12.8. The van der Waals surface area contributed by atoms with E-state index >= 15 is 0 Å². The molecule has 2 fully saturated rings. The number of nitrogens with one attached hydrogen (secondary N) is 1. The van der Waals surface area contributed by atoms with Crippen LogP contribution in [-0.4, -0.2) is 53.4 Å². The predicted octanol–water partition coefficient (Wildman–Crippen LogP) is 2.82. The van der Waals surface area contributed by atoms with Crippen LogP contribution >= 0.6 is 0 Å². The van der Waals surface area contributed by atoms with Crippen molar-refractivity contribution in [2.45, 2.75) is 44.3 Å². The molecule has 7 nitrogen and oxygen atoms in total. The molecular formula is C18H21F2N3O4. The second-order valence-corrected chi connectivity index (χ2v) is 6.78. The fraction of sp³-hybridized carbons (Fsp3) is 0.500. The van der Waals surface area contributed by atoms with Crippen molar-refractivity contribution in [3.05, 3.63) is 24.3 Å². The van der Waals surface area contributed by atoms with E-state index < -0.39 is 24.1 Å². The molecule has 9 heteroatoms. The van der Waals surface area contributed by atoms with Crippen molar-refractivity contribution < 1.29 is 27.9 Å². The van der Waals surface area contributed by atoms with Gasteiger partial charge in [0.1, 0.15) is 17.8 Å². The minimum atomic E-state index is -2.93. The molecular weight excluding hydrogens is 360 g/mol. The maximum Gasteiger partial charge on any atom is 0.387 e. The Morgan fingerprint density at radius 1 is 1.19 bits per heavy atom. The van der Waals surface area contributed by atoms with E-state index in [1.807, 2.05) is 0 Å². The quantitative estimate of drug-likeness (QED) is 0.796. The highest BCUT2D eigenvalue weighted by molar-refractivity contribution is 6.10. The van der Waals surface area contributed by atoms with Gasteiger partial charge in [0, 0.05) is 12.7 Å². The fourth-order valence-electron chi connectivity index (χ4n) is 3.73. The molecule has 1 aliphatic heterocycles. The lowest BCUT2D eigenvalue weighted by Crippen LogP contribution is -2.49. The van der Waals surface area contributed by atoms with E-state index in [9.17, 15) is 23.2 Å². The summed E-state index contributed by atoms with van der Waals surface area (Å²) in [5.41, 5.74) is -0.481. The molecule has 0 aromatic heterocycles. The minimum Gasteiger partial charge on any atom is -0.435 e. The number of hydrogen-bond acceptors (Lipinski definition) is 4. The molecule has 1 N–H and O–H groups in total. The number of alkyl halides is 2. The first-order chi connectivity index (χ1) is 12.8. The van der Waals surface area contributed by atoms with Gasteiger partial charge < -0.3 is 15.0 Å². The fourth-order valence-corrected chi connectivity index (χ4v) is 3.73. The van der Waals surface area contributed by atoms with Crippen molar-refractivity contribution in [2.75, 3.05) is 18.9 Å². The van der Waals surface area contributed by atoms with E-state index in [4.69, 9.17) is 0 Å². The Labute approximate surface area is 155 Å².